The first-order valence-electron chi connectivity index (χ1n) is 31.1. The summed E-state index contributed by atoms with van der Waals surface area (Å²) in [6.07, 6.45) is 19.1. The Kier molecular flexibility index (Phi) is 11.4. The van der Waals surface area contributed by atoms with Gasteiger partial charge < -0.3 is 9.80 Å². The molecule has 12 aromatic carbocycles. The molecular formula is C84H66N2. The Labute approximate surface area is 504 Å². The van der Waals surface area contributed by atoms with E-state index < -0.39 is 0 Å². The lowest BCUT2D eigenvalue weighted by molar-refractivity contribution is 0.644. The summed E-state index contributed by atoms with van der Waals surface area (Å²) in [6.45, 7) is 9.70. The first-order valence-corrected chi connectivity index (χ1v) is 31.1. The van der Waals surface area contributed by atoms with Crippen LogP contribution in [0.4, 0.5) is 22.7 Å². The van der Waals surface area contributed by atoms with Gasteiger partial charge >= 0.3 is 0 Å². The minimum absolute atomic E-state index is 0.0221. The predicted octanol–water partition coefficient (Wildman–Crippen LogP) is 20.6. The molecule has 0 saturated carbocycles. The van der Waals surface area contributed by atoms with E-state index in [1.54, 1.807) is 0 Å². The number of nitrogens with zero attached hydrogens (tertiary/aromatic N) is 2. The Balaban J connectivity index is 0.945. The van der Waals surface area contributed by atoms with Crippen LogP contribution in [0.15, 0.2) is 266 Å². The normalized spacial score (nSPS) is 17.8. The van der Waals surface area contributed by atoms with Crippen LogP contribution in [-0.4, -0.2) is 12.1 Å². The van der Waals surface area contributed by atoms with Gasteiger partial charge in [0.05, 0.1) is 12.1 Å². The van der Waals surface area contributed by atoms with Gasteiger partial charge in [-0.1, -0.05) is 246 Å². The third kappa shape index (κ3) is 7.78. The lowest BCUT2D eigenvalue weighted by Gasteiger charge is -2.36. The summed E-state index contributed by atoms with van der Waals surface area (Å²) in [7, 11) is 0. The third-order valence-electron chi connectivity index (χ3n) is 20.3. The minimum Gasteiger partial charge on any atom is -0.334 e. The van der Waals surface area contributed by atoms with Crippen LogP contribution < -0.4 is 20.2 Å². The van der Waals surface area contributed by atoms with E-state index in [-0.39, 0.29) is 22.9 Å². The lowest BCUT2D eigenvalue weighted by Crippen LogP contribution is -2.40. The van der Waals surface area contributed by atoms with E-state index in [4.69, 9.17) is 0 Å². The number of anilines is 4. The number of rotatable bonds is 8. The molecule has 2 unspecified atom stereocenters. The lowest BCUT2D eigenvalue weighted by atomic mass is 9.79. The molecule has 0 N–H and O–H groups in total. The Morgan fingerprint density at radius 1 is 0.372 bits per heavy atom. The van der Waals surface area contributed by atoms with Gasteiger partial charge in [-0.3, -0.25) is 0 Å². The van der Waals surface area contributed by atoms with Gasteiger partial charge in [0.25, 0.3) is 0 Å². The number of benzene rings is 12. The van der Waals surface area contributed by atoms with Crippen molar-refractivity contribution in [2.45, 2.75) is 76.3 Å². The highest BCUT2D eigenvalue weighted by Crippen LogP contribution is 2.54. The monoisotopic (exact) mass is 1100 g/mol. The van der Waals surface area contributed by atoms with Gasteiger partial charge in [-0.25, -0.2) is 0 Å². The van der Waals surface area contributed by atoms with Gasteiger partial charge in [-0.15, -0.1) is 0 Å². The van der Waals surface area contributed by atoms with Gasteiger partial charge in [-0.05, 0) is 205 Å². The van der Waals surface area contributed by atoms with Crippen molar-refractivity contribution in [3.63, 3.8) is 0 Å². The second-order valence-electron chi connectivity index (χ2n) is 25.7. The van der Waals surface area contributed by atoms with Crippen LogP contribution in [0, 0.1) is 0 Å². The Bertz CT molecular complexity index is 5140. The Morgan fingerprint density at radius 2 is 0.895 bits per heavy atom. The number of allylic oxidation sites excluding steroid dienone is 6. The SMILES string of the molecule is CC1(C)C2=CC(N(c3ccc4ccccc4c3)c3ccc4c(-c5cccc6ccccc56)c5c(c(-c6cccc7ccccc67)c4c3)=CCC(N(c3ccc4c(c3)C(C)(C)C3=C4CCC=C3)c3ccc4ccccc4c3)C=5)CC=C2c2ccccc21. The summed E-state index contributed by atoms with van der Waals surface area (Å²) in [6, 6.07) is 87.7. The molecule has 0 bridgehead atoms. The van der Waals surface area contributed by atoms with E-state index in [1.165, 1.54) is 154 Å². The molecule has 0 fully saturated rings. The molecule has 0 spiro atoms. The zero-order valence-electron chi connectivity index (χ0n) is 49.3. The molecule has 17 rings (SSSR count). The van der Waals surface area contributed by atoms with Gasteiger partial charge in [0.1, 0.15) is 0 Å². The maximum absolute atomic E-state index is 2.66. The second kappa shape index (κ2) is 19.4. The van der Waals surface area contributed by atoms with Crippen molar-refractivity contribution in [3.05, 3.63) is 299 Å². The fourth-order valence-corrected chi connectivity index (χ4v) is 16.1. The summed E-state index contributed by atoms with van der Waals surface area (Å²) in [5.74, 6) is 0. The van der Waals surface area contributed by atoms with Crippen LogP contribution in [0.25, 0.3) is 99.4 Å². The molecular weight excluding hydrogens is 1040 g/mol. The highest BCUT2D eigenvalue weighted by molar-refractivity contribution is 6.14. The van der Waals surface area contributed by atoms with Gasteiger partial charge in [0.15, 0.2) is 0 Å². The summed E-state index contributed by atoms with van der Waals surface area (Å²) < 4.78 is 0. The van der Waals surface area contributed by atoms with Crippen LogP contribution in [-0.2, 0) is 10.8 Å². The highest BCUT2D eigenvalue weighted by atomic mass is 15.2. The van der Waals surface area contributed by atoms with Crippen molar-refractivity contribution in [2.75, 3.05) is 9.80 Å². The molecule has 2 atom stereocenters. The fraction of sp³-hybridized carbons (Fsp3) is 0.143. The molecule has 412 valence electrons. The van der Waals surface area contributed by atoms with Crippen molar-refractivity contribution >= 4 is 99.9 Å². The average Bonchev–Trinajstić information content (AvgIpc) is 3.46. The van der Waals surface area contributed by atoms with E-state index in [0.29, 0.717) is 0 Å². The van der Waals surface area contributed by atoms with E-state index in [9.17, 15) is 0 Å². The molecule has 2 nitrogen and oxygen atoms in total. The fourth-order valence-electron chi connectivity index (χ4n) is 16.1. The van der Waals surface area contributed by atoms with Crippen LogP contribution in [0.5, 0.6) is 0 Å². The van der Waals surface area contributed by atoms with Crippen LogP contribution in [0.1, 0.15) is 75.6 Å². The molecule has 12 aromatic rings. The molecule has 2 heteroatoms. The Hall–Kier alpha value is -9.76. The summed E-state index contributed by atoms with van der Waals surface area (Å²) in [5.41, 5.74) is 21.0. The number of hydrogen-bond donors (Lipinski definition) is 0. The molecule has 0 aliphatic heterocycles. The van der Waals surface area contributed by atoms with Gasteiger partial charge in [-0.2, -0.15) is 0 Å². The second-order valence-corrected chi connectivity index (χ2v) is 25.7. The first kappa shape index (κ1) is 50.7. The molecule has 0 radical (unpaired) electrons. The maximum atomic E-state index is 2.66. The highest BCUT2D eigenvalue weighted by Gasteiger charge is 2.41. The average molecular weight is 1100 g/mol. The first-order chi connectivity index (χ1) is 42.2. The molecule has 0 aromatic heterocycles. The summed E-state index contributed by atoms with van der Waals surface area (Å²) in [5, 5.41) is 15.0. The quantitative estimate of drug-likeness (QED) is 0.150. The van der Waals surface area contributed by atoms with Crippen molar-refractivity contribution in [2.24, 2.45) is 0 Å². The minimum atomic E-state index is -0.132. The Morgan fingerprint density at radius 3 is 1.58 bits per heavy atom. The van der Waals surface area contributed by atoms with Gasteiger partial charge in [0.2, 0.25) is 0 Å². The van der Waals surface area contributed by atoms with Crippen LogP contribution in [0.3, 0.4) is 0 Å². The van der Waals surface area contributed by atoms with Crippen LogP contribution >= 0.6 is 0 Å². The van der Waals surface area contributed by atoms with Gasteiger partial charge in [0, 0.05) is 33.6 Å². The van der Waals surface area contributed by atoms with Crippen molar-refractivity contribution in [1.82, 2.24) is 0 Å². The topological polar surface area (TPSA) is 6.48 Å². The summed E-state index contributed by atoms with van der Waals surface area (Å²) >= 11 is 0. The molecule has 86 heavy (non-hydrogen) atoms. The van der Waals surface area contributed by atoms with E-state index in [2.05, 4.69) is 304 Å². The predicted molar refractivity (Wildman–Crippen MR) is 367 cm³/mol. The zero-order valence-corrected chi connectivity index (χ0v) is 49.3. The van der Waals surface area contributed by atoms with E-state index >= 15 is 0 Å². The number of fused-ring (bicyclic) bond motifs is 11. The molecule has 5 aliphatic carbocycles. The smallest absolute Gasteiger partial charge is 0.0566 e. The molecule has 5 aliphatic rings. The molecule has 0 heterocycles. The van der Waals surface area contributed by atoms with Crippen LogP contribution in [0.2, 0.25) is 0 Å². The van der Waals surface area contributed by atoms with Crippen molar-refractivity contribution in [1.29, 1.82) is 0 Å². The van der Waals surface area contributed by atoms with Crippen molar-refractivity contribution < 1.29 is 0 Å². The molecule has 0 saturated heterocycles. The van der Waals surface area contributed by atoms with E-state index in [0.717, 1.165) is 25.7 Å². The van der Waals surface area contributed by atoms with Crippen molar-refractivity contribution in [3.8, 4) is 22.3 Å². The summed E-state index contributed by atoms with van der Waals surface area (Å²) in [4.78, 5) is 5.32. The zero-order chi connectivity index (χ0) is 57.4. The molecule has 0 amide bonds. The van der Waals surface area contributed by atoms with E-state index in [1.807, 2.05) is 0 Å². The largest absolute Gasteiger partial charge is 0.334 e. The third-order valence-corrected chi connectivity index (χ3v) is 20.3. The number of hydrogen-bond acceptors (Lipinski definition) is 2. The standard InChI is InChI=1S/C84H66N2/c1-83(2)77-33-15-13-29-67(77)69-43-39-63(51-79(69)83)85(59-37-35-53-19-5-7-23-57(53)47-59)61-41-45-73-75(49-61)81(71-31-17-25-55-21-9-11-27-65(55)71)74-46-42-62(50-76(74)82(73)72-32-18-26-56-22-10-12-28-66(56)72)86(60-38-36-54-20-6-8-24-58(54)48-60)64-40-44-70-68-30-14-16-34-78(68)84(3,4)80(70)52-64/h5-13,15-29,31-38,40-41,43-52,62-63H,14,30,39,42H2,1-4H3. The maximum Gasteiger partial charge on any atom is 0.0566 e.